The van der Waals surface area contributed by atoms with Crippen LogP contribution in [0.25, 0.3) is 11.1 Å². The molecular weight excluding hydrogens is 426 g/mol. The van der Waals surface area contributed by atoms with Crippen molar-refractivity contribution in [2.75, 3.05) is 26.8 Å². The Balaban J connectivity index is 1.36. The average Bonchev–Trinajstić information content (AvgIpc) is 2.83. The summed E-state index contributed by atoms with van der Waals surface area (Å²) < 4.78 is 5.47. The molecule has 2 fully saturated rings. The topological polar surface area (TPSA) is 62.7 Å². The number of rotatable bonds is 6. The van der Waals surface area contributed by atoms with Crippen LogP contribution in [0.5, 0.6) is 0 Å². The molecule has 6 heteroatoms. The zero-order chi connectivity index (χ0) is 23.7. The van der Waals surface area contributed by atoms with Crippen molar-refractivity contribution in [1.29, 1.82) is 0 Å². The molecule has 5 rings (SSSR count). The summed E-state index contributed by atoms with van der Waals surface area (Å²) in [6, 6.07) is 22.5. The second-order valence-corrected chi connectivity index (χ2v) is 9.18. The van der Waals surface area contributed by atoms with Crippen molar-refractivity contribution in [3.8, 4) is 11.1 Å². The quantitative estimate of drug-likeness (QED) is 0.571. The van der Waals surface area contributed by atoms with Crippen molar-refractivity contribution in [2.24, 2.45) is 0 Å². The van der Waals surface area contributed by atoms with E-state index in [2.05, 4.69) is 60.4 Å². The molecule has 0 aliphatic carbocycles. The van der Waals surface area contributed by atoms with E-state index in [4.69, 9.17) is 4.74 Å². The summed E-state index contributed by atoms with van der Waals surface area (Å²) in [5.41, 5.74) is 5.48. The van der Waals surface area contributed by atoms with Gasteiger partial charge in [0, 0.05) is 31.5 Å². The van der Waals surface area contributed by atoms with Gasteiger partial charge in [0.25, 0.3) is 0 Å². The summed E-state index contributed by atoms with van der Waals surface area (Å²) in [4.78, 5) is 33.8. The minimum absolute atomic E-state index is 0.0136. The number of aromatic nitrogens is 1. The molecule has 2 aliphatic heterocycles. The molecule has 0 saturated carbocycles. The molecule has 0 spiro atoms. The number of benzene rings is 2. The van der Waals surface area contributed by atoms with Crippen molar-refractivity contribution in [3.63, 3.8) is 0 Å². The van der Waals surface area contributed by atoms with Crippen molar-refractivity contribution in [2.45, 2.75) is 31.3 Å². The minimum Gasteiger partial charge on any atom is -0.383 e. The van der Waals surface area contributed by atoms with Gasteiger partial charge >= 0.3 is 0 Å². The zero-order valence-corrected chi connectivity index (χ0v) is 19.6. The Labute approximate surface area is 200 Å². The van der Waals surface area contributed by atoms with Gasteiger partial charge < -0.3 is 14.5 Å². The Morgan fingerprint density at radius 2 is 1.88 bits per heavy atom. The molecule has 1 aromatic heterocycles. The van der Waals surface area contributed by atoms with Crippen LogP contribution in [0.2, 0.25) is 0 Å². The lowest BCUT2D eigenvalue weighted by molar-refractivity contribution is -0.167. The average molecular weight is 456 g/mol. The van der Waals surface area contributed by atoms with Crippen LogP contribution in [0.1, 0.15) is 22.7 Å². The van der Waals surface area contributed by atoms with Gasteiger partial charge in [0.05, 0.1) is 31.7 Å². The van der Waals surface area contributed by atoms with Gasteiger partial charge in [-0.25, -0.2) is 0 Å². The van der Waals surface area contributed by atoms with Gasteiger partial charge in [0.2, 0.25) is 11.8 Å². The first-order valence-corrected chi connectivity index (χ1v) is 11.7. The van der Waals surface area contributed by atoms with E-state index < -0.39 is 0 Å². The molecule has 0 radical (unpaired) electrons. The lowest BCUT2D eigenvalue weighted by Gasteiger charge is -2.59. The third-order valence-electron chi connectivity index (χ3n) is 6.96. The molecule has 2 amide bonds. The summed E-state index contributed by atoms with van der Waals surface area (Å²) >= 11 is 0. The predicted octanol–water partition coefficient (Wildman–Crippen LogP) is 3.45. The van der Waals surface area contributed by atoms with Gasteiger partial charge in [-0.05, 0) is 35.7 Å². The molecule has 0 bridgehead atoms. The van der Waals surface area contributed by atoms with E-state index >= 15 is 0 Å². The molecule has 3 aromatic rings. The van der Waals surface area contributed by atoms with Crippen LogP contribution in [-0.4, -0.2) is 65.5 Å². The third kappa shape index (κ3) is 4.21. The van der Waals surface area contributed by atoms with E-state index in [1.54, 1.807) is 18.2 Å². The monoisotopic (exact) mass is 455 g/mol. The van der Waals surface area contributed by atoms with Crippen LogP contribution >= 0.6 is 0 Å². The highest BCUT2D eigenvalue weighted by Gasteiger charge is 2.54. The lowest BCUT2D eigenvalue weighted by Crippen LogP contribution is -2.73. The molecule has 0 unspecified atom stereocenters. The molecule has 0 N–H and O–H groups in total. The molecule has 34 heavy (non-hydrogen) atoms. The van der Waals surface area contributed by atoms with E-state index in [0.29, 0.717) is 13.2 Å². The number of piperazine rings is 1. The molecular formula is C28H29N3O3. The van der Waals surface area contributed by atoms with E-state index in [9.17, 15) is 9.59 Å². The number of aryl methyl sites for hydroxylation is 1. The van der Waals surface area contributed by atoms with E-state index in [-0.39, 0.29) is 42.8 Å². The van der Waals surface area contributed by atoms with Gasteiger partial charge in [0.1, 0.15) is 0 Å². The lowest BCUT2D eigenvalue weighted by atomic mass is 9.73. The largest absolute Gasteiger partial charge is 0.383 e. The SMILES string of the molecule is COC[C@@H]1[C@@H](c2ccc(-c3cccc(C)c3)cc2)[C@@H]2CN(C(=O)Cc3ccccn3)CC(=O)N12. The maximum atomic E-state index is 13.0. The summed E-state index contributed by atoms with van der Waals surface area (Å²) in [7, 11) is 1.67. The first-order chi connectivity index (χ1) is 16.5. The first kappa shape index (κ1) is 22.3. The van der Waals surface area contributed by atoms with Crippen LogP contribution in [0, 0.1) is 6.92 Å². The summed E-state index contributed by atoms with van der Waals surface area (Å²) in [5, 5.41) is 0. The van der Waals surface area contributed by atoms with E-state index in [0.717, 1.165) is 5.69 Å². The smallest absolute Gasteiger partial charge is 0.242 e. The van der Waals surface area contributed by atoms with Crippen molar-refractivity contribution in [1.82, 2.24) is 14.8 Å². The minimum atomic E-state index is -0.0598. The fourth-order valence-corrected chi connectivity index (χ4v) is 5.33. The summed E-state index contributed by atoms with van der Waals surface area (Å²) in [6.07, 6.45) is 1.89. The number of nitrogens with zero attached hydrogens (tertiary/aromatic N) is 3. The number of hydrogen-bond acceptors (Lipinski definition) is 4. The first-order valence-electron chi connectivity index (χ1n) is 11.7. The van der Waals surface area contributed by atoms with Gasteiger partial charge in [-0.3, -0.25) is 14.6 Å². The second-order valence-electron chi connectivity index (χ2n) is 9.18. The van der Waals surface area contributed by atoms with Gasteiger partial charge in [0.15, 0.2) is 0 Å². The Morgan fingerprint density at radius 1 is 1.06 bits per heavy atom. The highest BCUT2D eigenvalue weighted by molar-refractivity contribution is 5.88. The highest BCUT2D eigenvalue weighted by atomic mass is 16.5. The normalized spacial score (nSPS) is 21.7. The molecule has 174 valence electrons. The van der Waals surface area contributed by atoms with Crippen LogP contribution in [0.4, 0.5) is 0 Å². The maximum absolute atomic E-state index is 13.0. The summed E-state index contributed by atoms with van der Waals surface area (Å²) in [5.74, 6) is 0.0525. The van der Waals surface area contributed by atoms with E-state index in [1.807, 2.05) is 23.1 Å². The molecule has 3 atom stereocenters. The third-order valence-corrected chi connectivity index (χ3v) is 6.96. The Kier molecular flexibility index (Phi) is 6.16. The predicted molar refractivity (Wildman–Crippen MR) is 130 cm³/mol. The Bertz CT molecular complexity index is 1180. The van der Waals surface area contributed by atoms with Crippen molar-refractivity contribution >= 4 is 11.8 Å². The zero-order valence-electron chi connectivity index (χ0n) is 19.6. The fourth-order valence-electron chi connectivity index (χ4n) is 5.33. The van der Waals surface area contributed by atoms with Crippen molar-refractivity contribution in [3.05, 3.63) is 89.7 Å². The number of methoxy groups -OCH3 is 1. The fraction of sp³-hybridized carbons (Fsp3) is 0.321. The molecule has 3 heterocycles. The maximum Gasteiger partial charge on any atom is 0.242 e. The van der Waals surface area contributed by atoms with Crippen LogP contribution in [0.3, 0.4) is 0 Å². The van der Waals surface area contributed by atoms with Gasteiger partial charge in [-0.15, -0.1) is 0 Å². The van der Waals surface area contributed by atoms with E-state index in [1.165, 1.54) is 22.3 Å². The number of fused-ring (bicyclic) bond motifs is 1. The van der Waals surface area contributed by atoms with Crippen LogP contribution in [-0.2, 0) is 20.7 Å². The molecule has 2 aromatic carbocycles. The van der Waals surface area contributed by atoms with Crippen molar-refractivity contribution < 1.29 is 14.3 Å². The highest BCUT2D eigenvalue weighted by Crippen LogP contribution is 2.43. The number of pyridine rings is 1. The molecule has 6 nitrogen and oxygen atoms in total. The molecule has 2 aliphatic rings. The standard InChI is InChI=1S/C28H29N3O3/c1-19-6-5-7-22(14-19)20-9-11-21(12-10-20)28-24-16-30(17-27(33)31(24)25(28)18-34-2)26(32)15-23-8-3-4-13-29-23/h3-14,24-25,28H,15-18H2,1-2H3/t24-,25+,28-/m0/s1. The van der Waals surface area contributed by atoms with Crippen LogP contribution < -0.4 is 0 Å². The number of carbonyl (C=O) groups excluding carboxylic acids is 2. The molecule has 2 saturated heterocycles. The number of carbonyl (C=O) groups is 2. The summed E-state index contributed by atoms with van der Waals surface area (Å²) in [6.45, 7) is 3.22. The number of ether oxygens (including phenoxy) is 1. The Hall–Kier alpha value is -3.51. The number of amides is 2. The van der Waals surface area contributed by atoms with Gasteiger partial charge in [-0.2, -0.15) is 0 Å². The second kappa shape index (κ2) is 9.39. The van der Waals surface area contributed by atoms with Crippen LogP contribution in [0.15, 0.2) is 72.9 Å². The number of hydrogen-bond donors (Lipinski definition) is 0. The Morgan fingerprint density at radius 3 is 2.59 bits per heavy atom. The van der Waals surface area contributed by atoms with Gasteiger partial charge in [-0.1, -0.05) is 60.2 Å².